The number of para-hydroxylation sites is 1. The molecule has 26 heavy (non-hydrogen) atoms. The van der Waals surface area contributed by atoms with Crippen molar-refractivity contribution >= 4 is 23.5 Å². The summed E-state index contributed by atoms with van der Waals surface area (Å²) in [5.74, 6) is -0.603. The predicted octanol–water partition coefficient (Wildman–Crippen LogP) is 3.80. The van der Waals surface area contributed by atoms with E-state index >= 15 is 0 Å². The van der Waals surface area contributed by atoms with Crippen LogP contribution in [0.25, 0.3) is 0 Å². The van der Waals surface area contributed by atoms with Gasteiger partial charge in [-0.05, 0) is 23.8 Å². The molecule has 138 valence electrons. The van der Waals surface area contributed by atoms with E-state index in [1.165, 1.54) is 14.2 Å². The number of hydrogen-bond donors (Lipinski definition) is 0. The zero-order valence-corrected chi connectivity index (χ0v) is 15.8. The van der Waals surface area contributed by atoms with Gasteiger partial charge in [-0.1, -0.05) is 48.9 Å². The molecule has 0 heterocycles. The lowest BCUT2D eigenvalue weighted by atomic mass is 10.1. The molecule has 0 N–H and O–H groups in total. The fourth-order valence-corrected chi connectivity index (χ4v) is 2.84. The Morgan fingerprint density at radius 3 is 2.38 bits per heavy atom. The van der Waals surface area contributed by atoms with Gasteiger partial charge in [0, 0.05) is 18.1 Å². The lowest BCUT2D eigenvalue weighted by molar-refractivity contribution is -0.145. The highest BCUT2D eigenvalue weighted by atomic mass is 35.5. The number of rotatable bonds is 7. The zero-order valence-electron chi connectivity index (χ0n) is 15.1. The molecule has 0 bridgehead atoms. The van der Waals surface area contributed by atoms with Gasteiger partial charge < -0.3 is 14.4 Å². The van der Waals surface area contributed by atoms with Gasteiger partial charge in [0.25, 0.3) is 5.91 Å². The molecule has 0 saturated carbocycles. The largest absolute Gasteiger partial charge is 0.496 e. The third-order valence-corrected chi connectivity index (χ3v) is 4.41. The van der Waals surface area contributed by atoms with Crippen LogP contribution in [-0.2, 0) is 16.1 Å². The Labute approximate surface area is 158 Å². The number of halogens is 1. The van der Waals surface area contributed by atoms with Crippen LogP contribution in [0.2, 0.25) is 5.02 Å². The summed E-state index contributed by atoms with van der Waals surface area (Å²) in [7, 11) is 2.85. The minimum atomic E-state index is -0.471. The summed E-state index contributed by atoms with van der Waals surface area (Å²) >= 11 is 6.25. The first-order valence-corrected chi connectivity index (χ1v) is 8.59. The minimum Gasteiger partial charge on any atom is -0.496 e. The van der Waals surface area contributed by atoms with Crippen molar-refractivity contribution in [3.63, 3.8) is 0 Å². The normalized spacial score (nSPS) is 11.5. The molecule has 1 amide bonds. The Hall–Kier alpha value is -2.53. The smallest absolute Gasteiger partial charge is 0.310 e. The quantitative estimate of drug-likeness (QED) is 0.691. The van der Waals surface area contributed by atoms with E-state index in [1.54, 1.807) is 42.2 Å². The molecule has 0 aromatic heterocycles. The van der Waals surface area contributed by atoms with E-state index in [0.29, 0.717) is 16.3 Å². The molecular formula is C20H22ClNO4. The standard InChI is InChI=1S/C20H22ClNO4/c1-14(20(24)26-3)12-22(13-15-8-4-6-10-17(15)21)19(23)16-9-5-7-11-18(16)25-2/h4-11,14H,12-13H2,1-3H3. The maximum atomic E-state index is 13.1. The number of nitrogens with zero attached hydrogens (tertiary/aromatic N) is 1. The lowest BCUT2D eigenvalue weighted by Crippen LogP contribution is -2.37. The van der Waals surface area contributed by atoms with Crippen molar-refractivity contribution in [1.29, 1.82) is 0 Å². The Bertz CT molecular complexity index is 778. The number of benzene rings is 2. The number of hydrogen-bond acceptors (Lipinski definition) is 4. The first-order chi connectivity index (χ1) is 12.5. The van der Waals surface area contributed by atoms with E-state index in [9.17, 15) is 9.59 Å². The molecular weight excluding hydrogens is 354 g/mol. The summed E-state index contributed by atoms with van der Waals surface area (Å²) in [6, 6.07) is 14.3. The third kappa shape index (κ3) is 4.76. The summed E-state index contributed by atoms with van der Waals surface area (Å²) < 4.78 is 10.1. The molecule has 2 aromatic carbocycles. The van der Waals surface area contributed by atoms with Crippen LogP contribution >= 0.6 is 11.6 Å². The fraction of sp³-hybridized carbons (Fsp3) is 0.300. The van der Waals surface area contributed by atoms with Crippen LogP contribution in [0, 0.1) is 5.92 Å². The van der Waals surface area contributed by atoms with Crippen LogP contribution in [0.5, 0.6) is 5.75 Å². The van der Waals surface area contributed by atoms with Gasteiger partial charge in [0.05, 0.1) is 25.7 Å². The van der Waals surface area contributed by atoms with Gasteiger partial charge >= 0.3 is 5.97 Å². The SMILES string of the molecule is COC(=O)C(C)CN(Cc1ccccc1Cl)C(=O)c1ccccc1OC. The van der Waals surface area contributed by atoms with Crippen molar-refractivity contribution in [1.82, 2.24) is 4.90 Å². The molecule has 1 atom stereocenters. The van der Waals surface area contributed by atoms with Crippen molar-refractivity contribution in [3.05, 3.63) is 64.7 Å². The van der Waals surface area contributed by atoms with Gasteiger partial charge in [-0.3, -0.25) is 9.59 Å². The maximum Gasteiger partial charge on any atom is 0.310 e. The van der Waals surface area contributed by atoms with Crippen molar-refractivity contribution in [2.45, 2.75) is 13.5 Å². The zero-order chi connectivity index (χ0) is 19.1. The van der Waals surface area contributed by atoms with Gasteiger partial charge in [-0.2, -0.15) is 0 Å². The Morgan fingerprint density at radius 2 is 1.73 bits per heavy atom. The summed E-state index contributed by atoms with van der Waals surface area (Å²) in [5, 5.41) is 0.566. The first kappa shape index (κ1) is 19.8. The summed E-state index contributed by atoms with van der Waals surface area (Å²) in [5.41, 5.74) is 1.23. The van der Waals surface area contributed by atoms with Gasteiger partial charge in [0.15, 0.2) is 0 Å². The number of methoxy groups -OCH3 is 2. The molecule has 6 heteroatoms. The average molecular weight is 376 g/mol. The number of carbonyl (C=O) groups is 2. The van der Waals surface area contributed by atoms with Crippen LogP contribution in [-0.4, -0.2) is 37.5 Å². The molecule has 0 aliphatic carbocycles. The summed E-state index contributed by atoms with van der Waals surface area (Å²) in [4.78, 5) is 26.6. The van der Waals surface area contributed by atoms with Crippen LogP contribution in [0.1, 0.15) is 22.8 Å². The summed E-state index contributed by atoms with van der Waals surface area (Å²) in [6.45, 7) is 2.20. The molecule has 2 aromatic rings. The summed E-state index contributed by atoms with van der Waals surface area (Å²) in [6.07, 6.45) is 0. The average Bonchev–Trinajstić information content (AvgIpc) is 2.67. The number of esters is 1. The van der Waals surface area contributed by atoms with Crippen LogP contribution in [0.4, 0.5) is 0 Å². The molecule has 5 nitrogen and oxygen atoms in total. The highest BCUT2D eigenvalue weighted by molar-refractivity contribution is 6.31. The highest BCUT2D eigenvalue weighted by Crippen LogP contribution is 2.23. The number of ether oxygens (including phenoxy) is 2. The number of amides is 1. The lowest BCUT2D eigenvalue weighted by Gasteiger charge is -2.26. The second-order valence-corrected chi connectivity index (χ2v) is 6.31. The van der Waals surface area contributed by atoms with E-state index in [0.717, 1.165) is 5.56 Å². The minimum absolute atomic E-state index is 0.203. The molecule has 0 aliphatic heterocycles. The molecule has 0 aliphatic rings. The van der Waals surface area contributed by atoms with E-state index in [4.69, 9.17) is 21.1 Å². The topological polar surface area (TPSA) is 55.8 Å². The van der Waals surface area contributed by atoms with Crippen LogP contribution in [0.15, 0.2) is 48.5 Å². The van der Waals surface area contributed by atoms with Crippen molar-refractivity contribution < 1.29 is 19.1 Å². The van der Waals surface area contributed by atoms with Crippen molar-refractivity contribution in [2.75, 3.05) is 20.8 Å². The Morgan fingerprint density at radius 1 is 1.08 bits per heavy atom. The Kier molecular flexibility index (Phi) is 7.04. The van der Waals surface area contributed by atoms with Crippen LogP contribution < -0.4 is 4.74 Å². The van der Waals surface area contributed by atoms with Crippen molar-refractivity contribution in [3.8, 4) is 5.75 Å². The molecule has 1 unspecified atom stereocenters. The molecule has 0 spiro atoms. The third-order valence-electron chi connectivity index (χ3n) is 4.04. The Balaban J connectivity index is 2.34. The van der Waals surface area contributed by atoms with E-state index in [2.05, 4.69) is 0 Å². The maximum absolute atomic E-state index is 13.1. The first-order valence-electron chi connectivity index (χ1n) is 8.21. The van der Waals surface area contributed by atoms with Gasteiger partial charge in [0.1, 0.15) is 5.75 Å². The van der Waals surface area contributed by atoms with Gasteiger partial charge in [-0.25, -0.2) is 0 Å². The molecule has 2 rings (SSSR count). The molecule has 0 fully saturated rings. The fourth-order valence-electron chi connectivity index (χ4n) is 2.65. The molecule has 0 saturated heterocycles. The van der Waals surface area contributed by atoms with Gasteiger partial charge in [-0.15, -0.1) is 0 Å². The van der Waals surface area contributed by atoms with Crippen molar-refractivity contribution in [2.24, 2.45) is 5.92 Å². The number of carbonyl (C=O) groups excluding carboxylic acids is 2. The predicted molar refractivity (Wildman–Crippen MR) is 100 cm³/mol. The van der Waals surface area contributed by atoms with E-state index in [1.807, 2.05) is 18.2 Å². The van der Waals surface area contributed by atoms with E-state index < -0.39 is 5.92 Å². The second-order valence-electron chi connectivity index (χ2n) is 5.90. The highest BCUT2D eigenvalue weighted by Gasteiger charge is 2.25. The van der Waals surface area contributed by atoms with E-state index in [-0.39, 0.29) is 25.0 Å². The van der Waals surface area contributed by atoms with Gasteiger partial charge in [0.2, 0.25) is 0 Å². The van der Waals surface area contributed by atoms with Crippen LogP contribution in [0.3, 0.4) is 0 Å². The second kappa shape index (κ2) is 9.25. The monoisotopic (exact) mass is 375 g/mol. The molecule has 0 radical (unpaired) electrons.